The highest BCUT2D eigenvalue weighted by atomic mass is 35.5. The molecule has 0 spiro atoms. The molecular formula is C23H23ClN2O3. The Morgan fingerprint density at radius 1 is 1.24 bits per heavy atom. The number of benzene rings is 2. The van der Waals surface area contributed by atoms with Crippen molar-refractivity contribution < 1.29 is 14.3 Å². The number of amides is 1. The molecule has 2 rings (SSSR count). The summed E-state index contributed by atoms with van der Waals surface area (Å²) >= 11 is 6.32. The van der Waals surface area contributed by atoms with Gasteiger partial charge in [-0.05, 0) is 67.8 Å². The monoisotopic (exact) mass is 410 g/mol. The summed E-state index contributed by atoms with van der Waals surface area (Å²) in [6.45, 7) is 10.1. The van der Waals surface area contributed by atoms with E-state index in [4.69, 9.17) is 21.1 Å². The Kier molecular flexibility index (Phi) is 7.88. The zero-order valence-electron chi connectivity index (χ0n) is 16.7. The number of nitriles is 1. The summed E-state index contributed by atoms with van der Waals surface area (Å²) in [4.78, 5) is 12.5. The first kappa shape index (κ1) is 22.1. The van der Waals surface area contributed by atoms with Gasteiger partial charge in [0.25, 0.3) is 5.91 Å². The molecule has 150 valence electrons. The number of aryl methyl sites for hydroxylation is 2. The molecule has 0 heterocycles. The van der Waals surface area contributed by atoms with Crippen molar-refractivity contribution in [1.29, 1.82) is 5.26 Å². The van der Waals surface area contributed by atoms with Crippen LogP contribution < -0.4 is 14.8 Å². The van der Waals surface area contributed by atoms with E-state index in [0.29, 0.717) is 34.4 Å². The van der Waals surface area contributed by atoms with E-state index in [0.717, 1.165) is 11.1 Å². The van der Waals surface area contributed by atoms with E-state index in [1.165, 1.54) is 6.08 Å². The maximum Gasteiger partial charge on any atom is 0.266 e. The second-order valence-electron chi connectivity index (χ2n) is 6.29. The first-order valence-corrected chi connectivity index (χ1v) is 9.47. The summed E-state index contributed by atoms with van der Waals surface area (Å²) in [5, 5.41) is 12.5. The highest BCUT2D eigenvalue weighted by molar-refractivity contribution is 6.32. The van der Waals surface area contributed by atoms with Crippen LogP contribution in [-0.4, -0.2) is 19.1 Å². The predicted molar refractivity (Wildman–Crippen MR) is 116 cm³/mol. The van der Waals surface area contributed by atoms with E-state index in [9.17, 15) is 10.1 Å². The van der Waals surface area contributed by atoms with E-state index in [-0.39, 0.29) is 12.2 Å². The molecule has 0 fully saturated rings. The third kappa shape index (κ3) is 5.87. The molecule has 6 heteroatoms. The van der Waals surface area contributed by atoms with Crippen LogP contribution in [0.2, 0.25) is 5.02 Å². The Hall–Kier alpha value is -3.23. The van der Waals surface area contributed by atoms with Crippen molar-refractivity contribution in [2.75, 3.05) is 18.5 Å². The van der Waals surface area contributed by atoms with Crippen LogP contribution in [0.3, 0.4) is 0 Å². The molecule has 1 N–H and O–H groups in total. The number of halogens is 1. The molecule has 0 aliphatic carbocycles. The number of nitrogens with one attached hydrogen (secondary N) is 1. The summed E-state index contributed by atoms with van der Waals surface area (Å²) in [7, 11) is 0. The fourth-order valence-electron chi connectivity index (χ4n) is 2.55. The van der Waals surface area contributed by atoms with Crippen molar-refractivity contribution in [3.63, 3.8) is 0 Å². The molecule has 0 unspecified atom stereocenters. The third-order valence-corrected chi connectivity index (χ3v) is 4.40. The first-order chi connectivity index (χ1) is 13.9. The van der Waals surface area contributed by atoms with Gasteiger partial charge in [0.1, 0.15) is 18.2 Å². The molecule has 0 radical (unpaired) electrons. The number of nitrogens with zero attached hydrogens (tertiary/aromatic N) is 1. The van der Waals surface area contributed by atoms with Gasteiger partial charge in [-0.2, -0.15) is 5.26 Å². The van der Waals surface area contributed by atoms with Gasteiger partial charge in [0.15, 0.2) is 11.5 Å². The van der Waals surface area contributed by atoms with Crippen molar-refractivity contribution in [1.82, 2.24) is 0 Å². The highest BCUT2D eigenvalue weighted by Gasteiger charge is 2.14. The van der Waals surface area contributed by atoms with Crippen LogP contribution in [0.15, 0.2) is 48.6 Å². The molecule has 2 aromatic carbocycles. The van der Waals surface area contributed by atoms with Gasteiger partial charge in [-0.3, -0.25) is 4.79 Å². The van der Waals surface area contributed by atoms with E-state index >= 15 is 0 Å². The van der Waals surface area contributed by atoms with Crippen molar-refractivity contribution in [2.24, 2.45) is 0 Å². The van der Waals surface area contributed by atoms with Crippen molar-refractivity contribution in [3.8, 4) is 17.6 Å². The minimum atomic E-state index is -0.503. The first-order valence-electron chi connectivity index (χ1n) is 9.10. The van der Waals surface area contributed by atoms with Gasteiger partial charge in [0.05, 0.1) is 11.6 Å². The standard InChI is InChI=1S/C23H23ClN2O3/c1-5-9-29-22-20(24)12-17(13-21(22)28-6-2)11-18(14-25)23(27)26-19-8-7-15(3)16(4)10-19/h5,7-8,10-13H,1,6,9H2,2-4H3,(H,26,27)/b18-11+. The lowest BCUT2D eigenvalue weighted by atomic mass is 10.1. The topological polar surface area (TPSA) is 71.3 Å². The SMILES string of the molecule is C=CCOc1c(Cl)cc(/C=C(\C#N)C(=O)Nc2ccc(C)c(C)c2)cc1OCC. The Labute approximate surface area is 176 Å². The molecule has 0 aliphatic heterocycles. The van der Waals surface area contributed by atoms with Gasteiger partial charge in [-0.1, -0.05) is 30.3 Å². The molecule has 5 nitrogen and oxygen atoms in total. The number of ether oxygens (including phenoxy) is 2. The minimum absolute atomic E-state index is 0.0542. The van der Waals surface area contributed by atoms with Crippen LogP contribution >= 0.6 is 11.6 Å². The van der Waals surface area contributed by atoms with Crippen LogP contribution in [-0.2, 0) is 4.79 Å². The summed E-state index contributed by atoms with van der Waals surface area (Å²) in [6.07, 6.45) is 3.06. The fraction of sp³-hybridized carbons (Fsp3) is 0.217. The summed E-state index contributed by atoms with van der Waals surface area (Å²) < 4.78 is 11.2. The number of hydrogen-bond donors (Lipinski definition) is 1. The van der Waals surface area contributed by atoms with Crippen LogP contribution in [0.5, 0.6) is 11.5 Å². The van der Waals surface area contributed by atoms with Crippen molar-refractivity contribution in [2.45, 2.75) is 20.8 Å². The van der Waals surface area contributed by atoms with Gasteiger partial charge < -0.3 is 14.8 Å². The van der Waals surface area contributed by atoms with Gasteiger partial charge in [0, 0.05) is 5.69 Å². The maximum absolute atomic E-state index is 12.5. The lowest BCUT2D eigenvalue weighted by molar-refractivity contribution is -0.112. The molecule has 0 aromatic heterocycles. The number of carbonyl (C=O) groups excluding carboxylic acids is 1. The normalized spacial score (nSPS) is 10.8. The van der Waals surface area contributed by atoms with Gasteiger partial charge in [-0.15, -0.1) is 0 Å². The number of anilines is 1. The van der Waals surface area contributed by atoms with E-state index in [1.54, 1.807) is 24.3 Å². The molecule has 0 atom stereocenters. The molecule has 0 aliphatic rings. The quantitative estimate of drug-likeness (QED) is 0.356. The third-order valence-electron chi connectivity index (χ3n) is 4.12. The van der Waals surface area contributed by atoms with Crippen LogP contribution in [0, 0.1) is 25.2 Å². The van der Waals surface area contributed by atoms with Gasteiger partial charge in [-0.25, -0.2) is 0 Å². The van der Waals surface area contributed by atoms with E-state index < -0.39 is 5.91 Å². The smallest absolute Gasteiger partial charge is 0.266 e. The van der Waals surface area contributed by atoms with Gasteiger partial charge in [0.2, 0.25) is 0 Å². The Bertz CT molecular complexity index is 990. The molecule has 0 saturated carbocycles. The lowest BCUT2D eigenvalue weighted by Gasteiger charge is -2.13. The molecule has 2 aromatic rings. The number of rotatable bonds is 8. The number of carbonyl (C=O) groups is 1. The van der Waals surface area contributed by atoms with Gasteiger partial charge >= 0.3 is 0 Å². The predicted octanol–water partition coefficient (Wildman–Crippen LogP) is 5.47. The maximum atomic E-state index is 12.5. The second-order valence-corrected chi connectivity index (χ2v) is 6.69. The summed E-state index contributed by atoms with van der Waals surface area (Å²) in [6, 6.07) is 10.8. The van der Waals surface area contributed by atoms with Crippen LogP contribution in [0.4, 0.5) is 5.69 Å². The zero-order chi connectivity index (χ0) is 21.4. The molecule has 0 saturated heterocycles. The lowest BCUT2D eigenvalue weighted by Crippen LogP contribution is -2.13. The largest absolute Gasteiger partial charge is 0.490 e. The minimum Gasteiger partial charge on any atom is -0.490 e. The molecule has 0 bridgehead atoms. The summed E-state index contributed by atoms with van der Waals surface area (Å²) in [5.41, 5.74) is 3.29. The van der Waals surface area contributed by atoms with E-state index in [2.05, 4.69) is 11.9 Å². The fourth-order valence-corrected chi connectivity index (χ4v) is 2.82. The molecular weight excluding hydrogens is 388 g/mol. The Morgan fingerprint density at radius 2 is 2.00 bits per heavy atom. The van der Waals surface area contributed by atoms with Crippen molar-refractivity contribution in [3.05, 3.63) is 70.3 Å². The second kappa shape index (κ2) is 10.4. The number of hydrogen-bond acceptors (Lipinski definition) is 4. The molecule has 29 heavy (non-hydrogen) atoms. The summed E-state index contributed by atoms with van der Waals surface area (Å²) in [5.74, 6) is 0.320. The average molecular weight is 411 g/mol. The zero-order valence-corrected chi connectivity index (χ0v) is 17.5. The highest BCUT2D eigenvalue weighted by Crippen LogP contribution is 2.37. The Morgan fingerprint density at radius 3 is 2.62 bits per heavy atom. The van der Waals surface area contributed by atoms with Crippen LogP contribution in [0.25, 0.3) is 6.08 Å². The van der Waals surface area contributed by atoms with E-state index in [1.807, 2.05) is 39.0 Å². The van der Waals surface area contributed by atoms with Crippen molar-refractivity contribution >= 4 is 29.3 Å². The van der Waals surface area contributed by atoms with Crippen LogP contribution in [0.1, 0.15) is 23.6 Å². The Balaban J connectivity index is 2.33. The average Bonchev–Trinajstić information content (AvgIpc) is 2.68. The molecule has 1 amide bonds.